The van der Waals surface area contributed by atoms with Crippen LogP contribution in [0.5, 0.6) is 0 Å². The number of allylic oxidation sites excluding steroid dienone is 1. The van der Waals surface area contributed by atoms with E-state index >= 15 is 0 Å². The van der Waals surface area contributed by atoms with Gasteiger partial charge in [0.25, 0.3) is 0 Å². The van der Waals surface area contributed by atoms with Gasteiger partial charge in [0.1, 0.15) is 0 Å². The molecule has 22 heavy (non-hydrogen) atoms. The highest BCUT2D eigenvalue weighted by Gasteiger charge is 2.53. The molecule has 0 radical (unpaired) electrons. The molecule has 5 rings (SSSR count). The summed E-state index contributed by atoms with van der Waals surface area (Å²) in [7, 11) is 0. The molecular weight excluding hydrogens is 272 g/mol. The van der Waals surface area contributed by atoms with Gasteiger partial charge in [-0.2, -0.15) is 5.10 Å². The lowest BCUT2D eigenvalue weighted by Gasteiger charge is -2.55. The van der Waals surface area contributed by atoms with Crippen molar-refractivity contribution in [2.45, 2.75) is 58.9 Å². The number of rotatable bonds is 4. The lowest BCUT2D eigenvalue weighted by Crippen LogP contribution is -2.49. The zero-order valence-corrected chi connectivity index (χ0v) is 13.7. The van der Waals surface area contributed by atoms with Crippen LogP contribution in [-0.2, 0) is 11.3 Å². The summed E-state index contributed by atoms with van der Waals surface area (Å²) in [4.78, 5) is 12.9. The fourth-order valence-electron chi connectivity index (χ4n) is 5.61. The summed E-state index contributed by atoms with van der Waals surface area (Å²) >= 11 is 0. The van der Waals surface area contributed by atoms with Crippen LogP contribution in [0.4, 0.5) is 0 Å². The second-order valence-electron chi connectivity index (χ2n) is 7.92. The number of aromatic nitrogens is 2. The second kappa shape index (κ2) is 5.07. The summed E-state index contributed by atoms with van der Waals surface area (Å²) < 4.78 is 1.93. The molecule has 0 aliphatic heterocycles. The Labute approximate surface area is 132 Å². The first-order valence-corrected chi connectivity index (χ1v) is 8.84. The molecule has 1 heterocycles. The number of nitrogens with zero attached hydrogens (tertiary/aromatic N) is 2. The van der Waals surface area contributed by atoms with Gasteiger partial charge in [-0.15, -0.1) is 0 Å². The Bertz CT molecular complexity index is 590. The Balaban J connectivity index is 1.54. The van der Waals surface area contributed by atoms with Gasteiger partial charge in [0.05, 0.1) is 5.69 Å². The Morgan fingerprint density at radius 1 is 1.27 bits per heavy atom. The molecule has 4 aliphatic rings. The molecule has 0 N–H and O–H groups in total. The van der Waals surface area contributed by atoms with Crippen molar-refractivity contribution >= 4 is 11.9 Å². The SMILES string of the molecule is CCn1cc(C=CC(=O)C23CC4CC(CC(C4)C2)C3)c(C)n1. The Morgan fingerprint density at radius 2 is 1.86 bits per heavy atom. The minimum Gasteiger partial charge on any atom is -0.294 e. The van der Waals surface area contributed by atoms with Crippen LogP contribution in [0.15, 0.2) is 12.3 Å². The van der Waals surface area contributed by atoms with Crippen LogP contribution < -0.4 is 0 Å². The normalized spacial score (nSPS) is 36.4. The van der Waals surface area contributed by atoms with Gasteiger partial charge in [-0.3, -0.25) is 9.48 Å². The van der Waals surface area contributed by atoms with Crippen LogP contribution in [0.1, 0.15) is 56.7 Å². The van der Waals surface area contributed by atoms with E-state index in [1.165, 1.54) is 19.3 Å². The van der Waals surface area contributed by atoms with Crippen molar-refractivity contribution in [3.05, 3.63) is 23.5 Å². The van der Waals surface area contributed by atoms with E-state index in [0.29, 0.717) is 5.78 Å². The van der Waals surface area contributed by atoms with Gasteiger partial charge in [0, 0.05) is 23.7 Å². The van der Waals surface area contributed by atoms with Crippen molar-refractivity contribution < 1.29 is 4.79 Å². The zero-order valence-electron chi connectivity index (χ0n) is 13.7. The van der Waals surface area contributed by atoms with Crippen molar-refractivity contribution in [3.8, 4) is 0 Å². The van der Waals surface area contributed by atoms with Crippen LogP contribution in [-0.4, -0.2) is 15.6 Å². The van der Waals surface area contributed by atoms with Crippen LogP contribution in [0.25, 0.3) is 6.08 Å². The molecule has 0 aromatic carbocycles. The summed E-state index contributed by atoms with van der Waals surface area (Å²) in [5, 5.41) is 4.45. The standard InChI is InChI=1S/C19H26N2O/c1-3-21-12-17(13(2)20-21)4-5-18(22)19-9-14-6-15(10-19)8-16(7-14)11-19/h4-5,12,14-16H,3,6-11H2,1-2H3. The first-order valence-electron chi connectivity index (χ1n) is 8.84. The van der Waals surface area contributed by atoms with E-state index in [1.807, 2.05) is 30.0 Å². The Kier molecular flexibility index (Phi) is 3.28. The number of hydrogen-bond acceptors (Lipinski definition) is 2. The minimum atomic E-state index is -0.0140. The fourth-order valence-corrected chi connectivity index (χ4v) is 5.61. The lowest BCUT2D eigenvalue weighted by molar-refractivity contribution is -0.138. The summed E-state index contributed by atoms with van der Waals surface area (Å²) in [6, 6.07) is 0. The predicted octanol–water partition coefficient (Wildman–Crippen LogP) is 4.01. The lowest BCUT2D eigenvalue weighted by atomic mass is 9.48. The van der Waals surface area contributed by atoms with Gasteiger partial charge in [-0.25, -0.2) is 0 Å². The molecule has 118 valence electrons. The second-order valence-corrected chi connectivity index (χ2v) is 7.92. The van der Waals surface area contributed by atoms with Crippen LogP contribution in [0.2, 0.25) is 0 Å². The molecule has 0 saturated heterocycles. The van der Waals surface area contributed by atoms with Crippen LogP contribution in [0.3, 0.4) is 0 Å². The average Bonchev–Trinajstić information content (AvgIpc) is 2.83. The van der Waals surface area contributed by atoms with Gasteiger partial charge in [0.15, 0.2) is 5.78 Å². The van der Waals surface area contributed by atoms with Gasteiger partial charge >= 0.3 is 0 Å². The molecular formula is C19H26N2O. The Morgan fingerprint density at radius 3 is 2.36 bits per heavy atom. The number of aryl methyl sites for hydroxylation is 2. The summed E-state index contributed by atoms with van der Waals surface area (Å²) in [5.41, 5.74) is 2.08. The zero-order chi connectivity index (χ0) is 15.3. The number of hydrogen-bond donors (Lipinski definition) is 0. The predicted molar refractivity (Wildman–Crippen MR) is 87.3 cm³/mol. The molecule has 1 aromatic rings. The van der Waals surface area contributed by atoms with Gasteiger partial charge in [0.2, 0.25) is 0 Å². The molecule has 0 unspecified atom stereocenters. The maximum Gasteiger partial charge on any atom is 0.161 e. The Hall–Kier alpha value is -1.38. The van der Waals surface area contributed by atoms with Crippen LogP contribution in [0, 0.1) is 30.1 Å². The van der Waals surface area contributed by atoms with E-state index in [-0.39, 0.29) is 5.41 Å². The first kappa shape index (κ1) is 14.2. The highest BCUT2D eigenvalue weighted by molar-refractivity contribution is 5.98. The van der Waals surface area contributed by atoms with Crippen molar-refractivity contribution in [1.82, 2.24) is 9.78 Å². The quantitative estimate of drug-likeness (QED) is 0.787. The minimum absolute atomic E-state index is 0.0140. The van der Waals surface area contributed by atoms with Crippen LogP contribution >= 0.6 is 0 Å². The van der Waals surface area contributed by atoms with E-state index in [4.69, 9.17) is 0 Å². The fraction of sp³-hybridized carbons (Fsp3) is 0.684. The molecule has 4 saturated carbocycles. The molecule has 4 fully saturated rings. The summed E-state index contributed by atoms with van der Waals surface area (Å²) in [6.07, 6.45) is 13.5. The monoisotopic (exact) mass is 298 g/mol. The molecule has 3 heteroatoms. The molecule has 0 atom stereocenters. The third-order valence-electron chi connectivity index (χ3n) is 6.28. The highest BCUT2D eigenvalue weighted by atomic mass is 16.1. The van der Waals surface area contributed by atoms with E-state index in [0.717, 1.165) is 54.8 Å². The van der Waals surface area contributed by atoms with E-state index in [1.54, 1.807) is 0 Å². The molecule has 0 amide bonds. The highest BCUT2D eigenvalue weighted by Crippen LogP contribution is 2.60. The molecule has 1 aromatic heterocycles. The number of carbonyl (C=O) groups is 1. The third-order valence-corrected chi connectivity index (χ3v) is 6.28. The summed E-state index contributed by atoms with van der Waals surface area (Å²) in [5.74, 6) is 2.87. The number of carbonyl (C=O) groups excluding carboxylic acids is 1. The molecule has 4 bridgehead atoms. The van der Waals surface area contributed by atoms with E-state index < -0.39 is 0 Å². The molecule has 4 aliphatic carbocycles. The third kappa shape index (κ3) is 2.26. The van der Waals surface area contributed by atoms with Crippen molar-refractivity contribution in [3.63, 3.8) is 0 Å². The van der Waals surface area contributed by atoms with Gasteiger partial charge in [-0.1, -0.05) is 0 Å². The molecule has 0 spiro atoms. The van der Waals surface area contributed by atoms with E-state index in [9.17, 15) is 4.79 Å². The maximum absolute atomic E-state index is 12.9. The largest absolute Gasteiger partial charge is 0.294 e. The molecule has 3 nitrogen and oxygen atoms in total. The van der Waals surface area contributed by atoms with Crippen molar-refractivity contribution in [2.24, 2.45) is 23.2 Å². The van der Waals surface area contributed by atoms with E-state index in [2.05, 4.69) is 12.0 Å². The van der Waals surface area contributed by atoms with Crippen molar-refractivity contribution in [2.75, 3.05) is 0 Å². The van der Waals surface area contributed by atoms with Gasteiger partial charge < -0.3 is 0 Å². The van der Waals surface area contributed by atoms with Crippen molar-refractivity contribution in [1.29, 1.82) is 0 Å². The topological polar surface area (TPSA) is 34.9 Å². The number of ketones is 1. The van der Waals surface area contributed by atoms with Gasteiger partial charge in [-0.05, 0) is 82.3 Å². The smallest absolute Gasteiger partial charge is 0.161 e. The maximum atomic E-state index is 12.9. The first-order chi connectivity index (χ1) is 10.6. The average molecular weight is 298 g/mol. The summed E-state index contributed by atoms with van der Waals surface area (Å²) in [6.45, 7) is 4.97.